The second-order valence-corrected chi connectivity index (χ2v) is 7.72. The van der Waals surface area contributed by atoms with Gasteiger partial charge >= 0.3 is 6.18 Å². The minimum Gasteiger partial charge on any atom is -0.362 e. The summed E-state index contributed by atoms with van der Waals surface area (Å²) in [4.78, 5) is 12.6. The van der Waals surface area contributed by atoms with Crippen molar-refractivity contribution >= 4 is 40.6 Å². The van der Waals surface area contributed by atoms with E-state index in [2.05, 4.69) is 15.7 Å². The highest BCUT2D eigenvalue weighted by Crippen LogP contribution is 2.46. The van der Waals surface area contributed by atoms with Crippen LogP contribution in [0.15, 0.2) is 48.5 Å². The first-order valence-corrected chi connectivity index (χ1v) is 9.83. The summed E-state index contributed by atoms with van der Waals surface area (Å²) >= 11 is 12.0. The van der Waals surface area contributed by atoms with E-state index in [0.29, 0.717) is 10.2 Å². The molecule has 162 valence electrons. The van der Waals surface area contributed by atoms with Crippen molar-refractivity contribution in [2.24, 2.45) is 0 Å². The third-order valence-electron chi connectivity index (χ3n) is 4.89. The average Bonchev–Trinajstić information content (AvgIpc) is 3.06. The van der Waals surface area contributed by atoms with E-state index in [1.54, 1.807) is 30.3 Å². The summed E-state index contributed by atoms with van der Waals surface area (Å²) in [6.45, 7) is 0. The van der Waals surface area contributed by atoms with Crippen molar-refractivity contribution in [2.45, 2.75) is 24.7 Å². The number of nitrogens with zero attached hydrogens (tertiary/aromatic N) is 2. The number of hydrogen-bond donors (Lipinski definition) is 2. The molecule has 1 amide bonds. The molecule has 1 aromatic heterocycles. The number of nitrogens with one attached hydrogen (secondary N) is 2. The average molecular weight is 473 g/mol. The van der Waals surface area contributed by atoms with Gasteiger partial charge in [0.25, 0.3) is 5.91 Å². The zero-order valence-electron chi connectivity index (χ0n) is 15.6. The molecule has 4 rings (SSSR count). The van der Waals surface area contributed by atoms with Gasteiger partial charge in [-0.15, -0.1) is 0 Å². The molecular formula is C20H14Cl2F4N4O. The second-order valence-electron chi connectivity index (χ2n) is 6.94. The second kappa shape index (κ2) is 8.05. The number of fused-ring (bicyclic) bond motifs is 1. The fourth-order valence-electron chi connectivity index (χ4n) is 3.40. The monoisotopic (exact) mass is 472 g/mol. The Morgan fingerprint density at radius 2 is 1.87 bits per heavy atom. The lowest BCUT2D eigenvalue weighted by atomic mass is 9.97. The van der Waals surface area contributed by atoms with Crippen LogP contribution in [0.25, 0.3) is 0 Å². The van der Waals surface area contributed by atoms with E-state index >= 15 is 0 Å². The quantitative estimate of drug-likeness (QED) is 0.443. The minimum atomic E-state index is -4.61. The van der Waals surface area contributed by atoms with E-state index in [9.17, 15) is 22.4 Å². The van der Waals surface area contributed by atoms with Crippen LogP contribution in [0.3, 0.4) is 0 Å². The molecule has 31 heavy (non-hydrogen) atoms. The Morgan fingerprint density at radius 1 is 1.16 bits per heavy atom. The first-order valence-electron chi connectivity index (χ1n) is 9.07. The number of carbonyl (C=O) groups is 1. The van der Waals surface area contributed by atoms with Gasteiger partial charge in [-0.2, -0.15) is 18.3 Å². The van der Waals surface area contributed by atoms with Crippen LogP contribution in [-0.4, -0.2) is 21.9 Å². The number of rotatable bonds is 3. The predicted molar refractivity (Wildman–Crippen MR) is 109 cm³/mol. The topological polar surface area (TPSA) is 59.0 Å². The molecule has 5 nitrogen and oxygen atoms in total. The molecule has 0 saturated carbocycles. The fraction of sp³-hybridized carbons (Fsp3) is 0.200. The van der Waals surface area contributed by atoms with E-state index in [0.717, 1.165) is 6.07 Å². The Bertz CT molecular complexity index is 1130. The Kier molecular flexibility index (Phi) is 5.57. The molecule has 2 unspecified atom stereocenters. The Labute approximate surface area is 184 Å². The van der Waals surface area contributed by atoms with Gasteiger partial charge in [-0.25, -0.2) is 9.07 Å². The van der Waals surface area contributed by atoms with Crippen molar-refractivity contribution < 1.29 is 22.4 Å². The van der Waals surface area contributed by atoms with Crippen LogP contribution in [0.1, 0.15) is 34.6 Å². The molecule has 11 heteroatoms. The summed E-state index contributed by atoms with van der Waals surface area (Å²) < 4.78 is 55.4. The van der Waals surface area contributed by atoms with Crippen molar-refractivity contribution in [2.75, 3.05) is 10.6 Å². The maximum Gasteiger partial charge on any atom is 0.410 e. The first-order chi connectivity index (χ1) is 14.6. The lowest BCUT2D eigenvalue weighted by Crippen LogP contribution is -2.35. The Morgan fingerprint density at radius 3 is 2.52 bits per heavy atom. The third kappa shape index (κ3) is 4.20. The van der Waals surface area contributed by atoms with Crippen LogP contribution in [0.5, 0.6) is 0 Å². The smallest absolute Gasteiger partial charge is 0.362 e. The zero-order valence-corrected chi connectivity index (χ0v) is 17.1. The number of halogens is 6. The van der Waals surface area contributed by atoms with Gasteiger partial charge < -0.3 is 10.6 Å². The maximum absolute atomic E-state index is 13.8. The summed E-state index contributed by atoms with van der Waals surface area (Å²) in [5.74, 6) is -1.64. The largest absolute Gasteiger partial charge is 0.410 e. The Balaban J connectivity index is 1.69. The lowest BCUT2D eigenvalue weighted by Gasteiger charge is -2.33. The molecule has 0 spiro atoms. The van der Waals surface area contributed by atoms with E-state index in [1.165, 1.54) is 12.1 Å². The normalized spacial score (nSPS) is 18.3. The van der Waals surface area contributed by atoms with E-state index < -0.39 is 35.7 Å². The molecule has 1 aliphatic heterocycles. The SMILES string of the molecule is O=C(Nc1ccc(F)c(Cl)c1)c1nn2c(c1Cl)NC(c1ccccc1)CC2C(F)(F)F. The van der Waals surface area contributed by atoms with Gasteiger partial charge in [0.15, 0.2) is 11.7 Å². The minimum absolute atomic E-state index is 0.105. The first kappa shape index (κ1) is 21.5. The summed E-state index contributed by atoms with van der Waals surface area (Å²) in [6, 6.07) is 9.42. The summed E-state index contributed by atoms with van der Waals surface area (Å²) in [5.41, 5.74) is 0.390. The molecule has 0 fully saturated rings. The summed E-state index contributed by atoms with van der Waals surface area (Å²) in [7, 11) is 0. The van der Waals surface area contributed by atoms with Gasteiger partial charge in [0.05, 0.1) is 11.1 Å². The molecule has 0 aliphatic carbocycles. The zero-order chi connectivity index (χ0) is 22.3. The van der Waals surface area contributed by atoms with Crippen LogP contribution in [0.4, 0.5) is 29.1 Å². The van der Waals surface area contributed by atoms with E-state index in [-0.39, 0.29) is 28.0 Å². The van der Waals surface area contributed by atoms with Crippen LogP contribution in [-0.2, 0) is 0 Å². The number of anilines is 2. The van der Waals surface area contributed by atoms with Crippen molar-refractivity contribution in [1.82, 2.24) is 9.78 Å². The van der Waals surface area contributed by atoms with Crippen LogP contribution < -0.4 is 10.6 Å². The van der Waals surface area contributed by atoms with Gasteiger partial charge in [-0.05, 0) is 23.8 Å². The highest BCUT2D eigenvalue weighted by atomic mass is 35.5. The standard InChI is InChI=1S/C20H14Cl2F4N4O/c21-12-8-11(6-7-13(12)23)27-19(31)17-16(22)18-28-14(10-4-2-1-3-5-10)9-15(20(24,25)26)30(18)29-17/h1-8,14-15,28H,9H2,(H,27,31). The van der Waals surface area contributed by atoms with E-state index in [4.69, 9.17) is 23.2 Å². The fourth-order valence-corrected chi connectivity index (χ4v) is 3.85. The van der Waals surface area contributed by atoms with Crippen LogP contribution in [0.2, 0.25) is 10.0 Å². The third-order valence-corrected chi connectivity index (χ3v) is 5.54. The van der Waals surface area contributed by atoms with Crippen molar-refractivity contribution in [3.05, 3.63) is 75.7 Å². The number of aromatic nitrogens is 2. The number of carbonyl (C=O) groups excluding carboxylic acids is 1. The predicted octanol–water partition coefficient (Wildman–Crippen LogP) is 6.24. The Hall–Kier alpha value is -2.78. The molecule has 3 aromatic rings. The van der Waals surface area contributed by atoms with Gasteiger partial charge in [0, 0.05) is 12.1 Å². The van der Waals surface area contributed by atoms with Crippen LogP contribution in [0, 0.1) is 5.82 Å². The molecular weight excluding hydrogens is 459 g/mol. The highest BCUT2D eigenvalue weighted by molar-refractivity contribution is 6.36. The number of amides is 1. The molecule has 2 N–H and O–H groups in total. The number of benzene rings is 2. The van der Waals surface area contributed by atoms with Gasteiger partial charge in [0.2, 0.25) is 0 Å². The molecule has 1 aliphatic rings. The number of hydrogen-bond acceptors (Lipinski definition) is 3. The molecule has 2 heterocycles. The lowest BCUT2D eigenvalue weighted by molar-refractivity contribution is -0.173. The van der Waals surface area contributed by atoms with Crippen molar-refractivity contribution in [3.8, 4) is 0 Å². The molecule has 2 aromatic carbocycles. The van der Waals surface area contributed by atoms with Gasteiger partial charge in [0.1, 0.15) is 16.7 Å². The molecule has 0 radical (unpaired) electrons. The molecule has 2 atom stereocenters. The van der Waals surface area contributed by atoms with Gasteiger partial charge in [-0.1, -0.05) is 53.5 Å². The molecule has 0 bridgehead atoms. The van der Waals surface area contributed by atoms with Crippen LogP contribution >= 0.6 is 23.2 Å². The van der Waals surface area contributed by atoms with E-state index in [1.807, 2.05) is 0 Å². The van der Waals surface area contributed by atoms with Gasteiger partial charge in [-0.3, -0.25) is 4.79 Å². The van der Waals surface area contributed by atoms with Crippen molar-refractivity contribution in [3.63, 3.8) is 0 Å². The highest BCUT2D eigenvalue weighted by Gasteiger charge is 2.47. The van der Waals surface area contributed by atoms with Crippen molar-refractivity contribution in [1.29, 1.82) is 0 Å². The molecule has 0 saturated heterocycles. The maximum atomic E-state index is 13.8. The summed E-state index contributed by atoms with van der Waals surface area (Å²) in [5, 5.41) is 8.74. The summed E-state index contributed by atoms with van der Waals surface area (Å²) in [6.07, 6.45) is -4.94. The number of alkyl halides is 3.